The molecule has 200 valence electrons. The van der Waals surface area contributed by atoms with Crippen molar-refractivity contribution in [3.63, 3.8) is 0 Å². The van der Waals surface area contributed by atoms with E-state index in [9.17, 15) is 9.18 Å². The number of piperazine rings is 1. The van der Waals surface area contributed by atoms with Gasteiger partial charge in [0.05, 0.1) is 12.7 Å². The molecule has 9 nitrogen and oxygen atoms in total. The number of nitrogens with zero attached hydrogens (tertiary/aromatic N) is 2. The van der Waals surface area contributed by atoms with Crippen LogP contribution in [0.4, 0.5) is 4.39 Å². The summed E-state index contributed by atoms with van der Waals surface area (Å²) >= 11 is 0. The first-order chi connectivity index (χ1) is 18.3. The molecule has 38 heavy (non-hydrogen) atoms. The van der Waals surface area contributed by atoms with Crippen molar-refractivity contribution < 1.29 is 38.5 Å². The van der Waals surface area contributed by atoms with Crippen molar-refractivity contribution in [2.45, 2.75) is 13.2 Å². The Bertz CT molecular complexity index is 1230. The first-order valence-electron chi connectivity index (χ1n) is 11.8. The van der Waals surface area contributed by atoms with Gasteiger partial charge in [-0.15, -0.1) is 0 Å². The standard InChI is InChI=1S/C26H27FN2O3.C2H2O4/c1-31-24-12-11-21(17-25(24)32-19-20-7-3-2-4-8-20)18-28-13-15-29(16-14-28)26(30)22-9-5-6-10-23(22)27;3-1(4)2(5)6/h2-12,17H,13-16,18-19H2,1H3;(H,3,4)(H,5,6). The Morgan fingerprint density at radius 2 is 1.45 bits per heavy atom. The fraction of sp³-hybridized carbons (Fsp3) is 0.250. The van der Waals surface area contributed by atoms with Crippen molar-refractivity contribution in [2.24, 2.45) is 0 Å². The van der Waals surface area contributed by atoms with Crippen molar-refractivity contribution in [2.75, 3.05) is 33.3 Å². The van der Waals surface area contributed by atoms with Crippen LogP contribution in [-0.4, -0.2) is 71.1 Å². The summed E-state index contributed by atoms with van der Waals surface area (Å²) in [5.74, 6) is -2.96. The number of rotatable bonds is 7. The lowest BCUT2D eigenvalue weighted by Crippen LogP contribution is -2.48. The minimum atomic E-state index is -1.82. The quantitative estimate of drug-likeness (QED) is 0.451. The van der Waals surface area contributed by atoms with Crippen LogP contribution >= 0.6 is 0 Å². The second kappa shape index (κ2) is 13.8. The van der Waals surface area contributed by atoms with Crippen LogP contribution in [0.5, 0.6) is 11.5 Å². The number of halogens is 1. The number of amides is 1. The number of ether oxygens (including phenoxy) is 2. The average Bonchev–Trinajstić information content (AvgIpc) is 2.93. The van der Waals surface area contributed by atoms with Crippen molar-refractivity contribution in [1.82, 2.24) is 9.80 Å². The predicted molar refractivity (Wildman–Crippen MR) is 137 cm³/mol. The molecule has 0 spiro atoms. The van der Waals surface area contributed by atoms with Gasteiger partial charge in [0.25, 0.3) is 5.91 Å². The average molecular weight is 525 g/mol. The molecule has 1 saturated heterocycles. The number of aliphatic carboxylic acids is 2. The van der Waals surface area contributed by atoms with Gasteiger partial charge in [-0.1, -0.05) is 48.5 Å². The Labute approximate surface area is 219 Å². The van der Waals surface area contributed by atoms with Crippen LogP contribution in [0, 0.1) is 5.82 Å². The minimum absolute atomic E-state index is 0.135. The monoisotopic (exact) mass is 524 g/mol. The second-order valence-corrected chi connectivity index (χ2v) is 8.42. The molecule has 1 amide bonds. The van der Waals surface area contributed by atoms with Gasteiger partial charge in [-0.25, -0.2) is 14.0 Å². The fourth-order valence-corrected chi connectivity index (χ4v) is 3.84. The van der Waals surface area contributed by atoms with E-state index in [1.807, 2.05) is 48.5 Å². The summed E-state index contributed by atoms with van der Waals surface area (Å²) in [6.45, 7) is 3.81. The number of hydrogen-bond donors (Lipinski definition) is 2. The van der Waals surface area contributed by atoms with Gasteiger partial charge in [0.15, 0.2) is 11.5 Å². The Morgan fingerprint density at radius 1 is 0.816 bits per heavy atom. The number of hydrogen-bond acceptors (Lipinski definition) is 6. The molecule has 0 atom stereocenters. The molecule has 0 unspecified atom stereocenters. The van der Waals surface area contributed by atoms with Crippen molar-refractivity contribution in [1.29, 1.82) is 0 Å². The van der Waals surface area contributed by atoms with E-state index in [-0.39, 0.29) is 11.5 Å². The molecule has 4 rings (SSSR count). The summed E-state index contributed by atoms with van der Waals surface area (Å²) in [6.07, 6.45) is 0. The first-order valence-corrected chi connectivity index (χ1v) is 11.8. The van der Waals surface area contributed by atoms with Gasteiger partial charge >= 0.3 is 11.9 Å². The van der Waals surface area contributed by atoms with Crippen molar-refractivity contribution in [3.05, 3.63) is 95.3 Å². The smallest absolute Gasteiger partial charge is 0.414 e. The molecule has 1 heterocycles. The van der Waals surface area contributed by atoms with Gasteiger partial charge in [-0.3, -0.25) is 9.69 Å². The normalized spacial score (nSPS) is 13.2. The first kappa shape index (κ1) is 28.1. The van der Waals surface area contributed by atoms with E-state index in [0.29, 0.717) is 31.2 Å². The molecule has 3 aromatic rings. The summed E-state index contributed by atoms with van der Waals surface area (Å²) in [4.78, 5) is 34.8. The Hall–Kier alpha value is -4.44. The number of carbonyl (C=O) groups is 3. The summed E-state index contributed by atoms with van der Waals surface area (Å²) in [5, 5.41) is 14.8. The zero-order valence-corrected chi connectivity index (χ0v) is 20.9. The molecule has 0 aromatic heterocycles. The maximum Gasteiger partial charge on any atom is 0.414 e. The van der Waals surface area contributed by atoms with E-state index in [2.05, 4.69) is 4.90 Å². The van der Waals surface area contributed by atoms with Gasteiger partial charge in [0, 0.05) is 32.7 Å². The van der Waals surface area contributed by atoms with Crippen LogP contribution in [0.1, 0.15) is 21.5 Å². The van der Waals surface area contributed by atoms with Crippen LogP contribution in [0.15, 0.2) is 72.8 Å². The summed E-state index contributed by atoms with van der Waals surface area (Å²) in [7, 11) is 1.64. The zero-order chi connectivity index (χ0) is 27.5. The van der Waals surface area contributed by atoms with Gasteiger partial charge in [0.2, 0.25) is 0 Å². The maximum absolute atomic E-state index is 14.0. The molecule has 0 saturated carbocycles. The molecule has 2 N–H and O–H groups in total. The SMILES string of the molecule is COc1ccc(CN2CCN(C(=O)c3ccccc3F)CC2)cc1OCc1ccccc1.O=C(O)C(=O)O. The van der Waals surface area contributed by atoms with Crippen LogP contribution in [0.2, 0.25) is 0 Å². The lowest BCUT2D eigenvalue weighted by atomic mass is 10.1. The number of carboxylic acids is 2. The Morgan fingerprint density at radius 3 is 2.05 bits per heavy atom. The molecule has 10 heteroatoms. The molecular formula is C28H29FN2O7. The van der Waals surface area contributed by atoms with Gasteiger partial charge < -0.3 is 24.6 Å². The van der Waals surface area contributed by atoms with Crippen LogP contribution in [-0.2, 0) is 22.7 Å². The van der Waals surface area contributed by atoms with Crippen molar-refractivity contribution >= 4 is 17.8 Å². The molecular weight excluding hydrogens is 495 g/mol. The van der Waals surface area contributed by atoms with E-state index >= 15 is 0 Å². The van der Waals surface area contributed by atoms with Gasteiger partial charge in [0.1, 0.15) is 12.4 Å². The number of carboxylic acid groups (broad SMARTS) is 2. The fourth-order valence-electron chi connectivity index (χ4n) is 3.84. The lowest BCUT2D eigenvalue weighted by molar-refractivity contribution is -0.159. The third-order valence-electron chi connectivity index (χ3n) is 5.82. The molecule has 3 aromatic carbocycles. The number of benzene rings is 3. The third-order valence-corrected chi connectivity index (χ3v) is 5.82. The second-order valence-electron chi connectivity index (χ2n) is 8.42. The molecule has 1 aliphatic rings. The highest BCUT2D eigenvalue weighted by molar-refractivity contribution is 6.27. The highest BCUT2D eigenvalue weighted by Gasteiger charge is 2.24. The summed E-state index contributed by atoms with van der Waals surface area (Å²) in [6, 6.07) is 22.1. The topological polar surface area (TPSA) is 117 Å². The Kier molecular flexibility index (Phi) is 10.2. The van der Waals surface area contributed by atoms with E-state index in [1.165, 1.54) is 6.07 Å². The van der Waals surface area contributed by atoms with Crippen LogP contribution in [0.3, 0.4) is 0 Å². The summed E-state index contributed by atoms with van der Waals surface area (Å²) in [5.41, 5.74) is 2.34. The van der Waals surface area contributed by atoms with E-state index in [4.69, 9.17) is 29.3 Å². The summed E-state index contributed by atoms with van der Waals surface area (Å²) < 4.78 is 25.4. The predicted octanol–water partition coefficient (Wildman–Crippen LogP) is 3.53. The Balaban J connectivity index is 0.000000599. The third kappa shape index (κ3) is 8.04. The largest absolute Gasteiger partial charge is 0.493 e. The highest BCUT2D eigenvalue weighted by Crippen LogP contribution is 2.29. The van der Waals surface area contributed by atoms with Gasteiger partial charge in [-0.05, 0) is 35.4 Å². The molecule has 1 aliphatic heterocycles. The minimum Gasteiger partial charge on any atom is -0.493 e. The molecule has 0 radical (unpaired) electrons. The van der Waals surface area contributed by atoms with Crippen LogP contribution < -0.4 is 9.47 Å². The molecule has 0 bridgehead atoms. The lowest BCUT2D eigenvalue weighted by Gasteiger charge is -2.35. The van der Waals surface area contributed by atoms with E-state index in [0.717, 1.165) is 30.8 Å². The van der Waals surface area contributed by atoms with E-state index < -0.39 is 17.8 Å². The number of methoxy groups -OCH3 is 1. The molecule has 1 fully saturated rings. The molecule has 0 aliphatic carbocycles. The highest BCUT2D eigenvalue weighted by atomic mass is 19.1. The van der Waals surface area contributed by atoms with E-state index in [1.54, 1.807) is 30.2 Å². The van der Waals surface area contributed by atoms with Crippen molar-refractivity contribution in [3.8, 4) is 11.5 Å². The number of carbonyl (C=O) groups excluding carboxylic acids is 1. The van der Waals surface area contributed by atoms with Gasteiger partial charge in [-0.2, -0.15) is 0 Å². The van der Waals surface area contributed by atoms with Crippen LogP contribution in [0.25, 0.3) is 0 Å². The maximum atomic E-state index is 14.0. The zero-order valence-electron chi connectivity index (χ0n) is 20.9.